The second-order valence-corrected chi connectivity index (χ2v) is 5.29. The van der Waals surface area contributed by atoms with Gasteiger partial charge in [-0.2, -0.15) is 0 Å². The third kappa shape index (κ3) is 3.07. The van der Waals surface area contributed by atoms with E-state index in [2.05, 4.69) is 5.32 Å². The van der Waals surface area contributed by atoms with Crippen molar-refractivity contribution in [2.75, 3.05) is 31.6 Å². The summed E-state index contributed by atoms with van der Waals surface area (Å²) in [6, 6.07) is 10.2. The highest BCUT2D eigenvalue weighted by molar-refractivity contribution is 5.81. The van der Waals surface area contributed by atoms with Crippen molar-refractivity contribution in [1.82, 2.24) is 4.90 Å². The van der Waals surface area contributed by atoms with Gasteiger partial charge < -0.3 is 15.0 Å². The summed E-state index contributed by atoms with van der Waals surface area (Å²) in [5.74, 6) is 0.852. The number of anilines is 1. The predicted molar refractivity (Wildman–Crippen MR) is 74.0 cm³/mol. The highest BCUT2D eigenvalue weighted by Gasteiger charge is 2.38. The number of nitrogens with zero attached hydrogens (tertiary/aromatic N) is 1. The fraction of sp³-hybridized carbons (Fsp3) is 0.533. The average molecular weight is 260 g/mol. The number of ether oxygens (including phenoxy) is 1. The second-order valence-electron chi connectivity index (χ2n) is 5.29. The quantitative estimate of drug-likeness (QED) is 0.896. The zero-order valence-corrected chi connectivity index (χ0v) is 11.0. The number of hydrogen-bond acceptors (Lipinski definition) is 3. The lowest BCUT2D eigenvalue weighted by Crippen LogP contribution is -2.51. The van der Waals surface area contributed by atoms with Crippen molar-refractivity contribution in [2.45, 2.75) is 18.9 Å². The second kappa shape index (κ2) is 5.61. The number of para-hydroxylation sites is 1. The molecule has 0 aromatic heterocycles. The Balaban J connectivity index is 1.56. The molecule has 4 heteroatoms. The molecule has 19 heavy (non-hydrogen) atoms. The van der Waals surface area contributed by atoms with Gasteiger partial charge in [-0.15, -0.1) is 0 Å². The molecular formula is C15H20N2O2. The van der Waals surface area contributed by atoms with Crippen LogP contribution in [0.15, 0.2) is 30.3 Å². The number of nitrogens with one attached hydrogen (secondary N) is 1. The molecule has 1 amide bonds. The van der Waals surface area contributed by atoms with Crippen molar-refractivity contribution in [2.24, 2.45) is 5.92 Å². The first-order valence-corrected chi connectivity index (χ1v) is 7.01. The zero-order valence-electron chi connectivity index (χ0n) is 11.0. The van der Waals surface area contributed by atoms with Crippen LogP contribution in [0.2, 0.25) is 0 Å². The Bertz CT molecular complexity index is 431. The SMILES string of the molecule is O=C(CNc1ccccc1)N1CCOCC1C1CC1. The molecule has 1 aromatic carbocycles. The molecule has 1 saturated carbocycles. The monoisotopic (exact) mass is 260 g/mol. The average Bonchev–Trinajstić information content (AvgIpc) is 3.30. The highest BCUT2D eigenvalue weighted by Crippen LogP contribution is 2.36. The van der Waals surface area contributed by atoms with Crippen molar-refractivity contribution in [3.8, 4) is 0 Å². The third-order valence-electron chi connectivity index (χ3n) is 3.87. The number of rotatable bonds is 4. The molecule has 1 N–H and O–H groups in total. The maximum absolute atomic E-state index is 12.3. The number of carbonyl (C=O) groups is 1. The highest BCUT2D eigenvalue weighted by atomic mass is 16.5. The molecule has 1 aliphatic carbocycles. The van der Waals surface area contributed by atoms with E-state index in [-0.39, 0.29) is 5.91 Å². The fourth-order valence-corrected chi connectivity index (χ4v) is 2.64. The topological polar surface area (TPSA) is 41.6 Å². The minimum Gasteiger partial charge on any atom is -0.377 e. The van der Waals surface area contributed by atoms with E-state index in [0.29, 0.717) is 31.7 Å². The molecule has 0 radical (unpaired) electrons. The Morgan fingerprint density at radius 1 is 1.32 bits per heavy atom. The van der Waals surface area contributed by atoms with Crippen LogP contribution in [0.1, 0.15) is 12.8 Å². The van der Waals surface area contributed by atoms with E-state index in [1.54, 1.807) is 0 Å². The van der Waals surface area contributed by atoms with Gasteiger partial charge in [-0.3, -0.25) is 4.79 Å². The first kappa shape index (κ1) is 12.5. The van der Waals surface area contributed by atoms with Crippen LogP contribution >= 0.6 is 0 Å². The van der Waals surface area contributed by atoms with E-state index >= 15 is 0 Å². The van der Waals surface area contributed by atoms with Crippen LogP contribution in [0.3, 0.4) is 0 Å². The summed E-state index contributed by atoms with van der Waals surface area (Å²) < 4.78 is 5.51. The van der Waals surface area contributed by atoms with E-state index in [0.717, 1.165) is 12.2 Å². The van der Waals surface area contributed by atoms with Crippen molar-refractivity contribution < 1.29 is 9.53 Å². The Morgan fingerprint density at radius 2 is 2.11 bits per heavy atom. The van der Waals surface area contributed by atoms with Gasteiger partial charge >= 0.3 is 0 Å². The number of morpholine rings is 1. The van der Waals surface area contributed by atoms with Crippen molar-refractivity contribution >= 4 is 11.6 Å². The van der Waals surface area contributed by atoms with Crippen LogP contribution in [-0.2, 0) is 9.53 Å². The summed E-state index contributed by atoms with van der Waals surface area (Å²) in [7, 11) is 0. The lowest BCUT2D eigenvalue weighted by atomic mass is 10.1. The van der Waals surface area contributed by atoms with Gasteiger partial charge in [-0.05, 0) is 30.9 Å². The molecule has 0 bridgehead atoms. The lowest BCUT2D eigenvalue weighted by Gasteiger charge is -2.36. The van der Waals surface area contributed by atoms with Gasteiger partial charge in [0.25, 0.3) is 0 Å². The fourth-order valence-electron chi connectivity index (χ4n) is 2.64. The van der Waals surface area contributed by atoms with E-state index < -0.39 is 0 Å². The molecule has 1 aromatic rings. The van der Waals surface area contributed by atoms with E-state index in [9.17, 15) is 4.79 Å². The maximum atomic E-state index is 12.3. The molecule has 1 heterocycles. The van der Waals surface area contributed by atoms with Gasteiger partial charge in [0, 0.05) is 12.2 Å². The Morgan fingerprint density at radius 3 is 2.84 bits per heavy atom. The Hall–Kier alpha value is -1.55. The predicted octanol–water partition coefficient (Wildman–Crippen LogP) is 1.74. The van der Waals surface area contributed by atoms with Crippen LogP contribution < -0.4 is 5.32 Å². The van der Waals surface area contributed by atoms with E-state index in [1.165, 1.54) is 12.8 Å². The molecule has 2 fully saturated rings. The molecule has 1 aliphatic heterocycles. The number of benzene rings is 1. The van der Waals surface area contributed by atoms with Gasteiger partial charge in [-0.25, -0.2) is 0 Å². The molecule has 102 valence electrons. The Labute approximate surface area is 113 Å². The third-order valence-corrected chi connectivity index (χ3v) is 3.87. The van der Waals surface area contributed by atoms with Crippen molar-refractivity contribution in [1.29, 1.82) is 0 Å². The molecule has 1 atom stereocenters. The summed E-state index contributed by atoms with van der Waals surface area (Å²) in [5, 5.41) is 3.19. The van der Waals surface area contributed by atoms with Gasteiger partial charge in [0.15, 0.2) is 0 Å². The number of carbonyl (C=O) groups excluding carboxylic acids is 1. The molecule has 4 nitrogen and oxygen atoms in total. The molecule has 3 rings (SSSR count). The minimum atomic E-state index is 0.184. The van der Waals surface area contributed by atoms with Crippen molar-refractivity contribution in [3.63, 3.8) is 0 Å². The summed E-state index contributed by atoms with van der Waals surface area (Å²) in [5.41, 5.74) is 0.993. The molecule has 1 unspecified atom stereocenters. The van der Waals surface area contributed by atoms with Crippen LogP contribution in [0.5, 0.6) is 0 Å². The number of hydrogen-bond donors (Lipinski definition) is 1. The standard InChI is InChI=1S/C15H20N2O2/c18-15(10-16-13-4-2-1-3-5-13)17-8-9-19-11-14(17)12-6-7-12/h1-5,12,14,16H,6-11H2. The molecule has 1 saturated heterocycles. The van der Waals surface area contributed by atoms with Gasteiger partial charge in [-0.1, -0.05) is 18.2 Å². The van der Waals surface area contributed by atoms with E-state index in [1.807, 2.05) is 35.2 Å². The van der Waals surface area contributed by atoms with Gasteiger partial charge in [0.1, 0.15) is 0 Å². The van der Waals surface area contributed by atoms with Crippen LogP contribution in [0.4, 0.5) is 5.69 Å². The van der Waals surface area contributed by atoms with Crippen LogP contribution in [0.25, 0.3) is 0 Å². The van der Waals surface area contributed by atoms with Crippen LogP contribution in [-0.4, -0.2) is 43.2 Å². The largest absolute Gasteiger partial charge is 0.377 e. The summed E-state index contributed by atoms with van der Waals surface area (Å²) in [4.78, 5) is 14.3. The van der Waals surface area contributed by atoms with Gasteiger partial charge in [0.05, 0.1) is 25.8 Å². The first-order chi connectivity index (χ1) is 9.34. The maximum Gasteiger partial charge on any atom is 0.242 e. The van der Waals surface area contributed by atoms with Crippen molar-refractivity contribution in [3.05, 3.63) is 30.3 Å². The first-order valence-electron chi connectivity index (χ1n) is 7.01. The normalized spacial score (nSPS) is 23.2. The smallest absolute Gasteiger partial charge is 0.242 e. The Kier molecular flexibility index (Phi) is 3.69. The van der Waals surface area contributed by atoms with Gasteiger partial charge in [0.2, 0.25) is 5.91 Å². The molecular weight excluding hydrogens is 240 g/mol. The summed E-state index contributed by atoms with van der Waals surface area (Å²) >= 11 is 0. The zero-order chi connectivity index (χ0) is 13.1. The summed E-state index contributed by atoms with van der Waals surface area (Å²) in [6.07, 6.45) is 2.48. The molecule has 0 spiro atoms. The summed E-state index contributed by atoms with van der Waals surface area (Å²) in [6.45, 7) is 2.48. The molecule has 2 aliphatic rings. The number of amides is 1. The van der Waals surface area contributed by atoms with E-state index in [4.69, 9.17) is 4.74 Å². The lowest BCUT2D eigenvalue weighted by molar-refractivity contribution is -0.138. The van der Waals surface area contributed by atoms with Crippen LogP contribution in [0, 0.1) is 5.92 Å². The minimum absolute atomic E-state index is 0.184.